The number of piperazine rings is 1. The first kappa shape index (κ1) is 17.9. The van der Waals surface area contributed by atoms with Crippen LogP contribution in [0.2, 0.25) is 0 Å². The minimum atomic E-state index is -0.0315. The predicted octanol–water partition coefficient (Wildman–Crippen LogP) is 2.04. The van der Waals surface area contributed by atoms with Crippen molar-refractivity contribution in [3.05, 3.63) is 59.9 Å². The van der Waals surface area contributed by atoms with Crippen LogP contribution < -0.4 is 5.32 Å². The number of benzene rings is 1. The van der Waals surface area contributed by atoms with Gasteiger partial charge in [-0.15, -0.1) is 0 Å². The highest BCUT2D eigenvalue weighted by Crippen LogP contribution is 2.13. The van der Waals surface area contributed by atoms with E-state index in [0.717, 1.165) is 31.5 Å². The van der Waals surface area contributed by atoms with Crippen LogP contribution in [0.3, 0.4) is 0 Å². The lowest BCUT2D eigenvalue weighted by Gasteiger charge is -2.32. The van der Waals surface area contributed by atoms with E-state index in [9.17, 15) is 9.59 Å². The van der Waals surface area contributed by atoms with Crippen molar-refractivity contribution in [1.82, 2.24) is 14.8 Å². The molecule has 1 saturated heterocycles. The average Bonchev–Trinajstić information content (AvgIpc) is 2.72. The molecule has 1 aromatic heterocycles. The highest BCUT2D eigenvalue weighted by molar-refractivity contribution is 5.94. The number of aromatic nitrogens is 1. The van der Waals surface area contributed by atoms with Crippen LogP contribution in [0.1, 0.15) is 22.3 Å². The fraction of sp³-hybridized carbons (Fsp3) is 0.350. The number of anilines is 1. The van der Waals surface area contributed by atoms with E-state index >= 15 is 0 Å². The van der Waals surface area contributed by atoms with Crippen molar-refractivity contribution in [2.45, 2.75) is 12.8 Å². The molecular formula is C20H24N4O2. The Hall–Kier alpha value is -2.89. The zero-order valence-electron chi connectivity index (χ0n) is 14.8. The summed E-state index contributed by atoms with van der Waals surface area (Å²) in [5, 5.41) is 3.34. The van der Waals surface area contributed by atoms with Crippen molar-refractivity contribution in [1.29, 1.82) is 0 Å². The number of nitrogens with zero attached hydrogens (tertiary/aromatic N) is 3. The number of pyridine rings is 1. The fourth-order valence-electron chi connectivity index (χ4n) is 3.04. The van der Waals surface area contributed by atoms with E-state index in [2.05, 4.69) is 34.6 Å². The lowest BCUT2D eigenvalue weighted by atomic mass is 10.1. The first-order valence-corrected chi connectivity index (χ1v) is 8.98. The van der Waals surface area contributed by atoms with Gasteiger partial charge in [0, 0.05) is 45.1 Å². The molecule has 0 radical (unpaired) electrons. The van der Waals surface area contributed by atoms with Crippen LogP contribution in [-0.2, 0) is 11.2 Å². The van der Waals surface area contributed by atoms with Crippen LogP contribution in [0.25, 0.3) is 0 Å². The van der Waals surface area contributed by atoms with E-state index in [0.29, 0.717) is 31.7 Å². The molecule has 1 N–H and O–H groups in total. The molecule has 3 rings (SSSR count). The summed E-state index contributed by atoms with van der Waals surface area (Å²) in [6, 6.07) is 12.2. The first-order valence-electron chi connectivity index (χ1n) is 8.98. The van der Waals surface area contributed by atoms with E-state index in [4.69, 9.17) is 0 Å². The van der Waals surface area contributed by atoms with Crippen molar-refractivity contribution in [2.24, 2.45) is 0 Å². The van der Waals surface area contributed by atoms with E-state index in [-0.39, 0.29) is 5.91 Å². The molecule has 0 bridgehead atoms. The van der Waals surface area contributed by atoms with Gasteiger partial charge in [-0.25, -0.2) is 0 Å². The highest BCUT2D eigenvalue weighted by atomic mass is 16.2. The Balaban J connectivity index is 1.49. The Morgan fingerprint density at radius 3 is 2.62 bits per heavy atom. The van der Waals surface area contributed by atoms with Crippen LogP contribution in [0.5, 0.6) is 0 Å². The smallest absolute Gasteiger partial charge is 0.255 e. The summed E-state index contributed by atoms with van der Waals surface area (Å²) in [6.45, 7) is 3.12. The van der Waals surface area contributed by atoms with Gasteiger partial charge in [-0.2, -0.15) is 0 Å². The van der Waals surface area contributed by atoms with Gasteiger partial charge in [-0.1, -0.05) is 30.3 Å². The molecule has 1 aliphatic heterocycles. The number of amides is 2. The van der Waals surface area contributed by atoms with Gasteiger partial charge in [0.25, 0.3) is 5.91 Å². The first-order chi connectivity index (χ1) is 12.8. The van der Waals surface area contributed by atoms with Crippen LogP contribution in [0.15, 0.2) is 48.8 Å². The van der Waals surface area contributed by atoms with Gasteiger partial charge in [0.15, 0.2) is 0 Å². The molecule has 0 spiro atoms. The minimum Gasteiger partial charge on any atom is -0.384 e. The maximum absolute atomic E-state index is 12.6. The van der Waals surface area contributed by atoms with Crippen molar-refractivity contribution >= 4 is 18.0 Å². The van der Waals surface area contributed by atoms with Gasteiger partial charge < -0.3 is 15.1 Å². The predicted molar refractivity (Wildman–Crippen MR) is 101 cm³/mol. The molecule has 2 amide bonds. The molecule has 2 heterocycles. The van der Waals surface area contributed by atoms with Gasteiger partial charge in [0.1, 0.15) is 0 Å². The van der Waals surface area contributed by atoms with E-state index in [1.54, 1.807) is 22.2 Å². The monoisotopic (exact) mass is 352 g/mol. The Labute approximate surface area is 153 Å². The Morgan fingerprint density at radius 2 is 1.88 bits per heavy atom. The van der Waals surface area contributed by atoms with Crippen LogP contribution in [0, 0.1) is 0 Å². The molecule has 0 atom stereocenters. The second-order valence-electron chi connectivity index (χ2n) is 6.41. The molecule has 6 nitrogen and oxygen atoms in total. The maximum atomic E-state index is 12.6. The van der Waals surface area contributed by atoms with Gasteiger partial charge in [0.2, 0.25) is 6.41 Å². The summed E-state index contributed by atoms with van der Waals surface area (Å²) >= 11 is 0. The number of nitrogens with one attached hydrogen (secondary N) is 1. The summed E-state index contributed by atoms with van der Waals surface area (Å²) < 4.78 is 0. The molecule has 0 saturated carbocycles. The normalized spacial score (nSPS) is 14.2. The zero-order valence-corrected chi connectivity index (χ0v) is 14.8. The Morgan fingerprint density at radius 1 is 1.12 bits per heavy atom. The summed E-state index contributed by atoms with van der Waals surface area (Å²) in [6.07, 6.45) is 6.20. The summed E-state index contributed by atoms with van der Waals surface area (Å²) in [5.74, 6) is -0.0315. The highest BCUT2D eigenvalue weighted by Gasteiger charge is 2.21. The fourth-order valence-corrected chi connectivity index (χ4v) is 3.04. The third kappa shape index (κ3) is 4.81. The number of carbonyl (C=O) groups is 2. The van der Waals surface area contributed by atoms with Crippen molar-refractivity contribution in [3.63, 3.8) is 0 Å². The maximum Gasteiger partial charge on any atom is 0.255 e. The molecule has 1 aliphatic rings. The molecule has 136 valence electrons. The number of hydrogen-bond acceptors (Lipinski definition) is 4. The molecule has 6 heteroatoms. The number of rotatable bonds is 7. The van der Waals surface area contributed by atoms with E-state index < -0.39 is 0 Å². The number of aryl methyl sites for hydroxylation is 1. The van der Waals surface area contributed by atoms with Crippen molar-refractivity contribution in [3.8, 4) is 0 Å². The molecule has 0 unspecified atom stereocenters. The minimum absolute atomic E-state index is 0.0315. The lowest BCUT2D eigenvalue weighted by Crippen LogP contribution is -2.48. The van der Waals surface area contributed by atoms with E-state index in [1.165, 1.54) is 5.56 Å². The molecular weight excluding hydrogens is 328 g/mol. The van der Waals surface area contributed by atoms with E-state index in [1.807, 2.05) is 12.1 Å². The number of hydrogen-bond donors (Lipinski definition) is 1. The molecule has 26 heavy (non-hydrogen) atoms. The second kappa shape index (κ2) is 8.99. The molecule has 1 aromatic carbocycles. The zero-order chi connectivity index (χ0) is 18.2. The molecule has 2 aromatic rings. The van der Waals surface area contributed by atoms with Gasteiger partial charge in [-0.3, -0.25) is 14.6 Å². The number of carbonyl (C=O) groups excluding carboxylic acids is 2. The van der Waals surface area contributed by atoms with Crippen LogP contribution in [-0.4, -0.2) is 59.8 Å². The lowest BCUT2D eigenvalue weighted by molar-refractivity contribution is -0.119. The largest absolute Gasteiger partial charge is 0.384 e. The average molecular weight is 352 g/mol. The van der Waals surface area contributed by atoms with Crippen molar-refractivity contribution in [2.75, 3.05) is 38.0 Å². The SMILES string of the molecule is O=CN1CCN(C(=O)c2cncc(NCCCc3ccccc3)c2)CC1. The third-order valence-electron chi connectivity index (χ3n) is 4.55. The quantitative estimate of drug-likeness (QED) is 0.612. The third-order valence-corrected chi connectivity index (χ3v) is 4.55. The molecule has 1 fully saturated rings. The van der Waals surface area contributed by atoms with Gasteiger partial charge in [0.05, 0.1) is 11.3 Å². The van der Waals surface area contributed by atoms with Gasteiger partial charge in [-0.05, 0) is 24.5 Å². The molecule has 0 aliphatic carbocycles. The topological polar surface area (TPSA) is 65.5 Å². The summed E-state index contributed by atoms with van der Waals surface area (Å²) in [4.78, 5) is 31.0. The van der Waals surface area contributed by atoms with Crippen LogP contribution in [0.4, 0.5) is 5.69 Å². The van der Waals surface area contributed by atoms with Crippen molar-refractivity contribution < 1.29 is 9.59 Å². The second-order valence-corrected chi connectivity index (χ2v) is 6.41. The Bertz CT molecular complexity index is 728. The summed E-state index contributed by atoms with van der Waals surface area (Å²) in [5.41, 5.74) is 2.76. The Kier molecular flexibility index (Phi) is 6.19. The standard InChI is InChI=1S/C20H24N4O2/c25-16-23-9-11-24(12-10-23)20(26)18-13-19(15-21-14-18)22-8-4-7-17-5-2-1-3-6-17/h1-3,5-6,13-16,22H,4,7-12H2. The van der Waals surface area contributed by atoms with Gasteiger partial charge >= 0.3 is 0 Å². The summed E-state index contributed by atoms with van der Waals surface area (Å²) in [7, 11) is 0. The van der Waals surface area contributed by atoms with Crippen LogP contribution >= 0.6 is 0 Å².